The van der Waals surface area contributed by atoms with Crippen LogP contribution in [-0.4, -0.2) is 4.57 Å². The number of aromatic nitrogens is 1. The van der Waals surface area contributed by atoms with Gasteiger partial charge in [0.15, 0.2) is 0 Å². The fourth-order valence-electron chi connectivity index (χ4n) is 4.19. The quantitative estimate of drug-likeness (QED) is 0.263. The van der Waals surface area contributed by atoms with Gasteiger partial charge in [-0.3, -0.25) is 4.79 Å². The van der Waals surface area contributed by atoms with Gasteiger partial charge in [0.1, 0.15) is 17.2 Å². The van der Waals surface area contributed by atoms with Crippen molar-refractivity contribution in [3.63, 3.8) is 0 Å². The first-order valence-electron chi connectivity index (χ1n) is 11.9. The molecule has 2 aromatic carbocycles. The van der Waals surface area contributed by atoms with Gasteiger partial charge >= 0.3 is 0 Å². The Bertz CT molecular complexity index is 1370. The van der Waals surface area contributed by atoms with Gasteiger partial charge in [-0.05, 0) is 60.5 Å². The Kier molecular flexibility index (Phi) is 7.64. The predicted octanol–water partition coefficient (Wildman–Crippen LogP) is 6.89. The number of hydrogen-bond donors (Lipinski definition) is 1. The SMILES string of the molecule is CC.CC.CCc1cc2c(=O)n(C3CC3)c3c(C)c(-c4cc(P)c(N)cc4F)ccc3c2o1. The van der Waals surface area contributed by atoms with Crippen LogP contribution in [0.5, 0.6) is 0 Å². The van der Waals surface area contributed by atoms with Crippen molar-refractivity contribution in [1.82, 2.24) is 4.57 Å². The van der Waals surface area contributed by atoms with E-state index in [0.717, 1.165) is 52.4 Å². The lowest BCUT2D eigenvalue weighted by atomic mass is 9.96. The van der Waals surface area contributed by atoms with Crippen molar-refractivity contribution < 1.29 is 8.81 Å². The van der Waals surface area contributed by atoms with Crippen LogP contribution in [-0.2, 0) is 6.42 Å². The molecule has 176 valence electrons. The van der Waals surface area contributed by atoms with Gasteiger partial charge in [0.2, 0.25) is 0 Å². The Morgan fingerprint density at radius 2 is 1.76 bits per heavy atom. The van der Waals surface area contributed by atoms with Gasteiger partial charge in [0.25, 0.3) is 5.56 Å². The van der Waals surface area contributed by atoms with Crippen LogP contribution in [0.25, 0.3) is 33.0 Å². The monoisotopic (exact) mass is 468 g/mol. The molecule has 6 heteroatoms. The lowest BCUT2D eigenvalue weighted by Crippen LogP contribution is -2.20. The summed E-state index contributed by atoms with van der Waals surface area (Å²) in [6.07, 6.45) is 2.69. The minimum absolute atomic E-state index is 0.0248. The summed E-state index contributed by atoms with van der Waals surface area (Å²) in [5.74, 6) is 0.426. The highest BCUT2D eigenvalue weighted by Crippen LogP contribution is 2.41. The maximum atomic E-state index is 14.8. The van der Waals surface area contributed by atoms with Gasteiger partial charge in [-0.25, -0.2) is 4.39 Å². The summed E-state index contributed by atoms with van der Waals surface area (Å²) >= 11 is 0. The molecular formula is C27H34FN2O2P. The molecule has 4 nitrogen and oxygen atoms in total. The molecule has 0 radical (unpaired) electrons. The van der Waals surface area contributed by atoms with Crippen LogP contribution < -0.4 is 16.6 Å². The van der Waals surface area contributed by atoms with Crippen molar-refractivity contribution in [2.75, 3.05) is 5.73 Å². The first-order valence-corrected chi connectivity index (χ1v) is 12.4. The number of nitrogen functional groups attached to an aromatic ring is 1. The third-order valence-electron chi connectivity index (χ3n) is 5.87. The van der Waals surface area contributed by atoms with Crippen molar-refractivity contribution >= 4 is 42.1 Å². The van der Waals surface area contributed by atoms with Crippen LogP contribution in [0.3, 0.4) is 0 Å². The number of rotatable bonds is 3. The van der Waals surface area contributed by atoms with E-state index in [1.807, 2.05) is 64.3 Å². The average molecular weight is 469 g/mol. The van der Waals surface area contributed by atoms with E-state index >= 15 is 0 Å². The molecule has 0 amide bonds. The van der Waals surface area contributed by atoms with E-state index in [2.05, 4.69) is 9.24 Å². The second-order valence-electron chi connectivity index (χ2n) is 7.81. The minimum atomic E-state index is -0.371. The Morgan fingerprint density at radius 1 is 1.09 bits per heavy atom. The first kappa shape index (κ1) is 25.0. The molecule has 5 rings (SSSR count). The number of pyridine rings is 1. The molecule has 0 saturated heterocycles. The maximum Gasteiger partial charge on any atom is 0.262 e. The summed E-state index contributed by atoms with van der Waals surface area (Å²) in [5, 5.41) is 2.27. The molecule has 1 aliphatic rings. The van der Waals surface area contributed by atoms with Gasteiger partial charge < -0.3 is 14.7 Å². The van der Waals surface area contributed by atoms with Gasteiger partial charge in [-0.15, -0.1) is 9.24 Å². The molecule has 4 aromatic rings. The van der Waals surface area contributed by atoms with E-state index in [1.165, 1.54) is 6.07 Å². The van der Waals surface area contributed by atoms with E-state index < -0.39 is 0 Å². The number of benzene rings is 2. The molecule has 0 bridgehead atoms. The van der Waals surface area contributed by atoms with E-state index in [-0.39, 0.29) is 17.4 Å². The number of fused-ring (bicyclic) bond motifs is 3. The van der Waals surface area contributed by atoms with Crippen LogP contribution in [0.1, 0.15) is 64.8 Å². The van der Waals surface area contributed by atoms with Gasteiger partial charge in [-0.2, -0.15) is 0 Å². The van der Waals surface area contributed by atoms with Gasteiger partial charge in [0, 0.05) is 29.1 Å². The standard InChI is InChI=1S/C23H22FN2O2P.2C2H6/c1-3-13-8-17-22(28-13)15-7-6-14(16-9-20(29)19(25)10-18(16)24)11(2)21(15)26(23(17)27)12-4-5-12;2*1-2/h6-10,12H,3-5,25,29H2,1-2H3;2*1-2H3. The second-order valence-corrected chi connectivity index (χ2v) is 8.43. The van der Waals surface area contributed by atoms with Crippen LogP contribution in [0, 0.1) is 12.7 Å². The highest BCUT2D eigenvalue weighted by atomic mass is 31.0. The molecule has 2 heterocycles. The Hall–Kier alpha value is -2.65. The van der Waals surface area contributed by atoms with Crippen LogP contribution in [0.2, 0.25) is 0 Å². The number of aryl methyl sites for hydroxylation is 2. The number of anilines is 1. The lowest BCUT2D eigenvalue weighted by Gasteiger charge is -2.16. The number of halogens is 1. The molecule has 1 unspecified atom stereocenters. The average Bonchev–Trinajstić information content (AvgIpc) is 3.57. The highest BCUT2D eigenvalue weighted by Gasteiger charge is 2.29. The molecule has 1 fully saturated rings. The summed E-state index contributed by atoms with van der Waals surface area (Å²) in [6, 6.07) is 8.99. The summed E-state index contributed by atoms with van der Waals surface area (Å²) in [4.78, 5) is 13.3. The molecule has 1 saturated carbocycles. The van der Waals surface area contributed by atoms with Crippen molar-refractivity contribution in [1.29, 1.82) is 0 Å². The third kappa shape index (κ3) is 4.31. The molecule has 1 atom stereocenters. The zero-order valence-electron chi connectivity index (χ0n) is 20.4. The third-order valence-corrected chi connectivity index (χ3v) is 6.37. The summed E-state index contributed by atoms with van der Waals surface area (Å²) in [5.41, 5.74) is 9.79. The molecule has 0 aliphatic heterocycles. The van der Waals surface area contributed by atoms with Crippen molar-refractivity contribution in [2.24, 2.45) is 0 Å². The number of nitrogens with two attached hydrogens (primary N) is 1. The molecule has 0 spiro atoms. The van der Waals surface area contributed by atoms with Gasteiger partial charge in [0.05, 0.1) is 10.9 Å². The normalized spacial score (nSPS) is 12.8. The van der Waals surface area contributed by atoms with E-state index in [9.17, 15) is 9.18 Å². The molecule has 2 aromatic heterocycles. The summed E-state index contributed by atoms with van der Waals surface area (Å²) < 4.78 is 22.7. The van der Waals surface area contributed by atoms with Crippen LogP contribution in [0.4, 0.5) is 10.1 Å². The minimum Gasteiger partial charge on any atom is -0.460 e. The van der Waals surface area contributed by atoms with Crippen LogP contribution in [0.15, 0.2) is 39.5 Å². The zero-order chi connectivity index (χ0) is 24.4. The Morgan fingerprint density at radius 3 is 2.36 bits per heavy atom. The van der Waals surface area contributed by atoms with E-state index in [1.54, 1.807) is 6.07 Å². The molecule has 2 N–H and O–H groups in total. The maximum absolute atomic E-state index is 14.8. The fourth-order valence-corrected chi connectivity index (χ4v) is 4.44. The van der Waals surface area contributed by atoms with Crippen LogP contribution >= 0.6 is 9.24 Å². The smallest absolute Gasteiger partial charge is 0.262 e. The van der Waals surface area contributed by atoms with Crippen molar-refractivity contribution in [2.45, 2.75) is 66.8 Å². The Labute approximate surface area is 197 Å². The number of hydrogen-bond acceptors (Lipinski definition) is 3. The van der Waals surface area contributed by atoms with E-state index in [4.69, 9.17) is 10.2 Å². The van der Waals surface area contributed by atoms with Crippen molar-refractivity contribution in [3.05, 3.63) is 57.8 Å². The molecular weight excluding hydrogens is 434 g/mol. The largest absolute Gasteiger partial charge is 0.460 e. The van der Waals surface area contributed by atoms with E-state index in [0.29, 0.717) is 22.2 Å². The predicted molar refractivity (Wildman–Crippen MR) is 142 cm³/mol. The number of nitrogens with zero attached hydrogens (tertiary/aromatic N) is 1. The number of furan rings is 1. The Balaban J connectivity index is 0.000000728. The first-order chi connectivity index (χ1) is 15.9. The van der Waals surface area contributed by atoms with Gasteiger partial charge in [-0.1, -0.05) is 40.7 Å². The lowest BCUT2D eigenvalue weighted by molar-refractivity contribution is 0.559. The summed E-state index contributed by atoms with van der Waals surface area (Å²) in [7, 11) is 2.55. The van der Waals surface area contributed by atoms with Crippen molar-refractivity contribution in [3.8, 4) is 11.1 Å². The molecule has 33 heavy (non-hydrogen) atoms. The zero-order valence-corrected chi connectivity index (χ0v) is 21.5. The summed E-state index contributed by atoms with van der Waals surface area (Å²) in [6.45, 7) is 12.0. The second kappa shape index (κ2) is 10.1. The topological polar surface area (TPSA) is 61.2 Å². The fraction of sp³-hybridized carbons (Fsp3) is 0.370. The molecule has 1 aliphatic carbocycles. The highest BCUT2D eigenvalue weighted by molar-refractivity contribution is 7.28.